The van der Waals surface area contributed by atoms with Gasteiger partial charge in [0.1, 0.15) is 0 Å². The second kappa shape index (κ2) is 6.24. The van der Waals surface area contributed by atoms with Crippen molar-refractivity contribution in [3.8, 4) is 0 Å². The molecule has 0 saturated carbocycles. The highest BCUT2D eigenvalue weighted by Crippen LogP contribution is 2.14. The molecule has 0 N–H and O–H groups in total. The fraction of sp³-hybridized carbons (Fsp3) is 0.294. The first-order valence-electron chi connectivity index (χ1n) is 6.51. The monoisotopic (exact) mass is 224 g/mol. The molecule has 88 valence electrons. The topological polar surface area (TPSA) is 0 Å². The maximum absolute atomic E-state index is 2.27. The molecule has 0 heteroatoms. The third kappa shape index (κ3) is 3.45. The zero-order chi connectivity index (χ0) is 11.9. The van der Waals surface area contributed by atoms with E-state index in [1.54, 1.807) is 0 Å². The van der Waals surface area contributed by atoms with Gasteiger partial charge >= 0.3 is 0 Å². The molecule has 2 aromatic carbocycles. The molecule has 0 aliphatic heterocycles. The number of aryl methyl sites for hydroxylation is 3. The van der Waals surface area contributed by atoms with Crippen LogP contribution in [0.4, 0.5) is 0 Å². The summed E-state index contributed by atoms with van der Waals surface area (Å²) in [5.41, 5.74) is 4.46. The molecule has 17 heavy (non-hydrogen) atoms. The van der Waals surface area contributed by atoms with Crippen molar-refractivity contribution in [1.29, 1.82) is 0 Å². The van der Waals surface area contributed by atoms with E-state index in [2.05, 4.69) is 61.5 Å². The summed E-state index contributed by atoms with van der Waals surface area (Å²) >= 11 is 0. The van der Waals surface area contributed by atoms with Crippen LogP contribution in [0.15, 0.2) is 54.6 Å². The predicted octanol–water partition coefficient (Wildman–Crippen LogP) is 4.42. The fourth-order valence-corrected chi connectivity index (χ4v) is 2.24. The van der Waals surface area contributed by atoms with Crippen LogP contribution in [0.2, 0.25) is 0 Å². The van der Waals surface area contributed by atoms with E-state index in [0.29, 0.717) is 0 Å². The second-order valence-electron chi connectivity index (χ2n) is 4.50. The van der Waals surface area contributed by atoms with Crippen LogP contribution in [0, 0.1) is 0 Å². The average Bonchev–Trinajstić information content (AvgIpc) is 2.39. The first-order chi connectivity index (χ1) is 8.40. The molecule has 0 aliphatic carbocycles. The highest BCUT2D eigenvalue weighted by atomic mass is 14.1. The minimum atomic E-state index is 1.14. The molecular formula is C17H20. The Bertz CT molecular complexity index is 443. The SMILES string of the molecule is CCCc1ccccc1CCc1ccccc1. The molecule has 0 amide bonds. The van der Waals surface area contributed by atoms with E-state index in [-0.39, 0.29) is 0 Å². The third-order valence-electron chi connectivity index (χ3n) is 3.16. The summed E-state index contributed by atoms with van der Waals surface area (Å²) in [5.74, 6) is 0. The molecule has 0 heterocycles. The van der Waals surface area contributed by atoms with Crippen LogP contribution >= 0.6 is 0 Å². The second-order valence-corrected chi connectivity index (χ2v) is 4.50. The lowest BCUT2D eigenvalue weighted by molar-refractivity contribution is 0.875. The van der Waals surface area contributed by atoms with Gasteiger partial charge in [-0.3, -0.25) is 0 Å². The van der Waals surface area contributed by atoms with Crippen molar-refractivity contribution in [2.75, 3.05) is 0 Å². The fourth-order valence-electron chi connectivity index (χ4n) is 2.24. The summed E-state index contributed by atoms with van der Waals surface area (Å²) in [6.07, 6.45) is 4.72. The van der Waals surface area contributed by atoms with E-state index < -0.39 is 0 Å². The minimum Gasteiger partial charge on any atom is -0.0651 e. The molecule has 0 radical (unpaired) electrons. The van der Waals surface area contributed by atoms with Gasteiger partial charge in [0.05, 0.1) is 0 Å². The molecule has 2 aromatic rings. The lowest BCUT2D eigenvalue weighted by Crippen LogP contribution is -1.96. The summed E-state index contributed by atoms with van der Waals surface area (Å²) in [6.45, 7) is 2.24. The third-order valence-corrected chi connectivity index (χ3v) is 3.16. The van der Waals surface area contributed by atoms with Crippen LogP contribution in [0.3, 0.4) is 0 Å². The summed E-state index contributed by atoms with van der Waals surface area (Å²) < 4.78 is 0. The van der Waals surface area contributed by atoms with Crippen molar-refractivity contribution in [3.05, 3.63) is 71.3 Å². The number of hydrogen-bond donors (Lipinski definition) is 0. The van der Waals surface area contributed by atoms with Gasteiger partial charge in [-0.15, -0.1) is 0 Å². The van der Waals surface area contributed by atoms with Crippen LogP contribution in [-0.4, -0.2) is 0 Å². The van der Waals surface area contributed by atoms with Gasteiger partial charge < -0.3 is 0 Å². The summed E-state index contributed by atoms with van der Waals surface area (Å²) in [6, 6.07) is 19.6. The molecule has 0 unspecified atom stereocenters. The molecule has 0 bridgehead atoms. The molecule has 2 rings (SSSR count). The van der Waals surface area contributed by atoms with Gasteiger partial charge in [-0.25, -0.2) is 0 Å². The van der Waals surface area contributed by atoms with Crippen molar-refractivity contribution < 1.29 is 0 Å². The van der Waals surface area contributed by atoms with Crippen molar-refractivity contribution in [3.63, 3.8) is 0 Å². The van der Waals surface area contributed by atoms with Crippen LogP contribution in [-0.2, 0) is 19.3 Å². The lowest BCUT2D eigenvalue weighted by atomic mass is 9.97. The Kier molecular flexibility index (Phi) is 4.37. The zero-order valence-electron chi connectivity index (χ0n) is 10.5. The van der Waals surface area contributed by atoms with E-state index in [0.717, 1.165) is 12.8 Å². The minimum absolute atomic E-state index is 1.14. The van der Waals surface area contributed by atoms with Gasteiger partial charge in [0, 0.05) is 0 Å². The largest absolute Gasteiger partial charge is 0.0651 e. The van der Waals surface area contributed by atoms with Crippen molar-refractivity contribution >= 4 is 0 Å². The van der Waals surface area contributed by atoms with E-state index >= 15 is 0 Å². The molecule has 0 fully saturated rings. The van der Waals surface area contributed by atoms with E-state index in [1.807, 2.05) is 0 Å². The van der Waals surface area contributed by atoms with Crippen molar-refractivity contribution in [2.24, 2.45) is 0 Å². The molecule has 0 atom stereocenters. The highest BCUT2D eigenvalue weighted by Gasteiger charge is 2.01. The Morgan fingerprint density at radius 2 is 1.24 bits per heavy atom. The van der Waals surface area contributed by atoms with Crippen LogP contribution in [0.1, 0.15) is 30.0 Å². The first-order valence-corrected chi connectivity index (χ1v) is 6.51. The Morgan fingerprint density at radius 3 is 1.88 bits per heavy atom. The van der Waals surface area contributed by atoms with E-state index in [4.69, 9.17) is 0 Å². The zero-order valence-corrected chi connectivity index (χ0v) is 10.5. The average molecular weight is 224 g/mol. The van der Waals surface area contributed by atoms with Gasteiger partial charge in [0.25, 0.3) is 0 Å². The summed E-state index contributed by atoms with van der Waals surface area (Å²) in [7, 11) is 0. The summed E-state index contributed by atoms with van der Waals surface area (Å²) in [4.78, 5) is 0. The Hall–Kier alpha value is -1.56. The van der Waals surface area contributed by atoms with Gasteiger partial charge in [0.2, 0.25) is 0 Å². The maximum Gasteiger partial charge on any atom is -0.0236 e. The normalized spacial score (nSPS) is 10.4. The number of benzene rings is 2. The summed E-state index contributed by atoms with van der Waals surface area (Å²) in [5, 5.41) is 0. The van der Waals surface area contributed by atoms with Crippen LogP contribution in [0.25, 0.3) is 0 Å². The van der Waals surface area contributed by atoms with Gasteiger partial charge in [0.15, 0.2) is 0 Å². The van der Waals surface area contributed by atoms with Crippen molar-refractivity contribution in [1.82, 2.24) is 0 Å². The standard InChI is InChI=1S/C17H20/c1-2-8-16-11-6-7-12-17(16)14-13-15-9-4-3-5-10-15/h3-7,9-12H,2,8,13-14H2,1H3. The molecule has 0 spiro atoms. The smallest absolute Gasteiger partial charge is 0.0236 e. The van der Waals surface area contributed by atoms with Gasteiger partial charge in [-0.1, -0.05) is 67.9 Å². The number of rotatable bonds is 5. The lowest BCUT2D eigenvalue weighted by Gasteiger charge is -2.08. The molecule has 0 saturated heterocycles. The molecular weight excluding hydrogens is 204 g/mol. The van der Waals surface area contributed by atoms with Crippen LogP contribution in [0.5, 0.6) is 0 Å². The predicted molar refractivity (Wildman–Crippen MR) is 74.3 cm³/mol. The van der Waals surface area contributed by atoms with Gasteiger partial charge in [-0.05, 0) is 36.0 Å². The van der Waals surface area contributed by atoms with Gasteiger partial charge in [-0.2, -0.15) is 0 Å². The van der Waals surface area contributed by atoms with Crippen LogP contribution < -0.4 is 0 Å². The number of hydrogen-bond acceptors (Lipinski definition) is 0. The molecule has 0 aliphatic rings. The maximum atomic E-state index is 2.27. The van der Waals surface area contributed by atoms with E-state index in [1.165, 1.54) is 29.5 Å². The van der Waals surface area contributed by atoms with E-state index in [9.17, 15) is 0 Å². The first kappa shape index (κ1) is 11.9. The Labute approximate surface area is 104 Å². The molecule has 0 nitrogen and oxygen atoms in total. The Balaban J connectivity index is 2.03. The van der Waals surface area contributed by atoms with Crippen molar-refractivity contribution in [2.45, 2.75) is 32.6 Å². The Morgan fingerprint density at radius 1 is 0.647 bits per heavy atom. The molecule has 0 aromatic heterocycles. The quantitative estimate of drug-likeness (QED) is 0.705. The highest BCUT2D eigenvalue weighted by molar-refractivity contribution is 5.28.